The second-order valence-corrected chi connectivity index (χ2v) is 5.28. The predicted molar refractivity (Wildman–Crippen MR) is 70.8 cm³/mol. The summed E-state index contributed by atoms with van der Waals surface area (Å²) in [6.07, 6.45) is 5.67. The van der Waals surface area contributed by atoms with Crippen LogP contribution in [0.3, 0.4) is 0 Å². The highest BCUT2D eigenvalue weighted by Crippen LogP contribution is 2.36. The first-order chi connectivity index (χ1) is 9.16. The van der Waals surface area contributed by atoms with Gasteiger partial charge >= 0.3 is 0 Å². The van der Waals surface area contributed by atoms with Gasteiger partial charge in [0.1, 0.15) is 6.04 Å². The smallest absolute Gasteiger partial charge is 0.249 e. The molecule has 2 aliphatic heterocycles. The highest BCUT2D eigenvalue weighted by molar-refractivity contribution is 6.01. The number of piperidine rings is 1. The monoisotopic (exact) mass is 259 g/mol. The Labute approximate surface area is 112 Å². The molecule has 2 amide bonds. The molecule has 0 aliphatic carbocycles. The molecule has 1 aromatic heterocycles. The van der Waals surface area contributed by atoms with Crippen molar-refractivity contribution in [2.75, 3.05) is 11.4 Å². The van der Waals surface area contributed by atoms with Crippen LogP contribution in [-0.4, -0.2) is 29.4 Å². The Morgan fingerprint density at radius 3 is 3.00 bits per heavy atom. The number of carbonyl (C=O) groups is 2. The topological polar surface area (TPSA) is 62.3 Å². The minimum Gasteiger partial charge on any atom is -0.359 e. The summed E-state index contributed by atoms with van der Waals surface area (Å²) in [6.45, 7) is 3.03. The van der Waals surface area contributed by atoms with Crippen molar-refractivity contribution in [2.45, 2.75) is 38.1 Å². The molecular formula is C14H17N3O2. The molecule has 5 nitrogen and oxygen atoms in total. The maximum atomic E-state index is 12.0. The first-order valence-corrected chi connectivity index (χ1v) is 6.71. The van der Waals surface area contributed by atoms with Crippen LogP contribution in [0.2, 0.25) is 0 Å². The van der Waals surface area contributed by atoms with E-state index >= 15 is 0 Å². The van der Waals surface area contributed by atoms with E-state index in [9.17, 15) is 9.59 Å². The number of amides is 2. The van der Waals surface area contributed by atoms with E-state index in [4.69, 9.17) is 0 Å². The summed E-state index contributed by atoms with van der Waals surface area (Å²) in [7, 11) is 0. The van der Waals surface area contributed by atoms with E-state index in [-0.39, 0.29) is 17.9 Å². The van der Waals surface area contributed by atoms with Crippen LogP contribution in [0, 0.1) is 0 Å². The van der Waals surface area contributed by atoms with Crippen LogP contribution in [0.4, 0.5) is 5.69 Å². The summed E-state index contributed by atoms with van der Waals surface area (Å²) in [4.78, 5) is 29.5. The van der Waals surface area contributed by atoms with E-state index in [0.717, 1.165) is 18.7 Å². The summed E-state index contributed by atoms with van der Waals surface area (Å²) in [6, 6.07) is 1.74. The van der Waals surface area contributed by atoms with Gasteiger partial charge in [-0.3, -0.25) is 19.9 Å². The van der Waals surface area contributed by atoms with E-state index in [1.54, 1.807) is 6.20 Å². The van der Waals surface area contributed by atoms with Gasteiger partial charge in [0, 0.05) is 31.0 Å². The number of nitrogens with zero attached hydrogens (tertiary/aromatic N) is 2. The molecule has 1 aromatic rings. The number of nitrogens with one attached hydrogen (secondary N) is 1. The number of rotatable bonds is 1. The standard InChI is InChI=1S/C14H17N3O2/c1-9-5-7-17(11-4-6-15-8-10(9)11)12-2-3-13(18)16-14(12)19/h4,6,8-9,12H,2-3,5,7H2,1H3,(H,16,18,19). The molecular weight excluding hydrogens is 242 g/mol. The number of anilines is 1. The highest BCUT2D eigenvalue weighted by atomic mass is 16.2. The van der Waals surface area contributed by atoms with Gasteiger partial charge in [0.25, 0.3) is 0 Å². The molecule has 5 heteroatoms. The molecule has 0 spiro atoms. The molecule has 0 saturated carbocycles. The number of hydrogen-bond acceptors (Lipinski definition) is 4. The zero-order valence-corrected chi connectivity index (χ0v) is 10.9. The van der Waals surface area contributed by atoms with Crippen LogP contribution in [0.1, 0.15) is 37.7 Å². The van der Waals surface area contributed by atoms with Crippen molar-refractivity contribution in [3.05, 3.63) is 24.0 Å². The number of hydrogen-bond donors (Lipinski definition) is 1. The van der Waals surface area contributed by atoms with Gasteiger partial charge in [-0.25, -0.2) is 0 Å². The van der Waals surface area contributed by atoms with Crippen LogP contribution in [0.25, 0.3) is 0 Å². The minimum atomic E-state index is -0.230. The maximum absolute atomic E-state index is 12.0. The van der Waals surface area contributed by atoms with E-state index in [0.29, 0.717) is 18.8 Å². The number of fused-ring (bicyclic) bond motifs is 1. The molecule has 3 rings (SSSR count). The van der Waals surface area contributed by atoms with Gasteiger partial charge in [-0.05, 0) is 30.4 Å². The molecule has 0 aromatic carbocycles. The molecule has 100 valence electrons. The fraction of sp³-hybridized carbons (Fsp3) is 0.500. The third-order valence-corrected chi connectivity index (χ3v) is 4.06. The lowest BCUT2D eigenvalue weighted by Crippen LogP contribution is -2.54. The molecule has 0 radical (unpaired) electrons. The van der Waals surface area contributed by atoms with Gasteiger partial charge in [-0.15, -0.1) is 0 Å². The molecule has 2 atom stereocenters. The van der Waals surface area contributed by atoms with Crippen molar-refractivity contribution in [1.29, 1.82) is 0 Å². The van der Waals surface area contributed by atoms with E-state index in [1.165, 1.54) is 5.56 Å². The predicted octanol–water partition coefficient (Wildman–Crippen LogP) is 1.20. The van der Waals surface area contributed by atoms with Crippen LogP contribution in [0.5, 0.6) is 0 Å². The molecule has 2 aliphatic rings. The fourth-order valence-corrected chi connectivity index (χ4v) is 2.95. The maximum Gasteiger partial charge on any atom is 0.249 e. The third-order valence-electron chi connectivity index (χ3n) is 4.06. The summed E-state index contributed by atoms with van der Waals surface area (Å²) in [5.74, 6) is 0.128. The molecule has 2 unspecified atom stereocenters. The molecule has 19 heavy (non-hydrogen) atoms. The lowest BCUT2D eigenvalue weighted by Gasteiger charge is -2.40. The zero-order valence-electron chi connectivity index (χ0n) is 10.9. The first kappa shape index (κ1) is 12.1. The van der Waals surface area contributed by atoms with Crippen molar-refractivity contribution in [1.82, 2.24) is 10.3 Å². The van der Waals surface area contributed by atoms with Crippen LogP contribution in [0.15, 0.2) is 18.5 Å². The second-order valence-electron chi connectivity index (χ2n) is 5.28. The Balaban J connectivity index is 1.92. The van der Waals surface area contributed by atoms with Gasteiger partial charge in [-0.2, -0.15) is 0 Å². The Morgan fingerprint density at radius 1 is 1.37 bits per heavy atom. The zero-order chi connectivity index (χ0) is 13.4. The summed E-state index contributed by atoms with van der Waals surface area (Å²) >= 11 is 0. The first-order valence-electron chi connectivity index (χ1n) is 6.71. The average molecular weight is 259 g/mol. The van der Waals surface area contributed by atoms with E-state index in [2.05, 4.69) is 22.1 Å². The van der Waals surface area contributed by atoms with Crippen molar-refractivity contribution < 1.29 is 9.59 Å². The number of aromatic nitrogens is 1. The van der Waals surface area contributed by atoms with Crippen molar-refractivity contribution in [2.24, 2.45) is 0 Å². The Kier molecular flexibility index (Phi) is 2.97. The van der Waals surface area contributed by atoms with Crippen LogP contribution >= 0.6 is 0 Å². The Hall–Kier alpha value is -1.91. The van der Waals surface area contributed by atoms with Gasteiger partial charge < -0.3 is 4.90 Å². The largest absolute Gasteiger partial charge is 0.359 e. The van der Waals surface area contributed by atoms with Gasteiger partial charge in [-0.1, -0.05) is 6.92 Å². The highest BCUT2D eigenvalue weighted by Gasteiger charge is 2.35. The fourth-order valence-electron chi connectivity index (χ4n) is 2.95. The third kappa shape index (κ3) is 2.09. The SMILES string of the molecule is CC1CCN(C2CCC(=O)NC2=O)c2ccncc21. The average Bonchev–Trinajstić information content (AvgIpc) is 2.41. The quantitative estimate of drug-likeness (QED) is 0.770. The van der Waals surface area contributed by atoms with Gasteiger partial charge in [0.05, 0.1) is 0 Å². The van der Waals surface area contributed by atoms with E-state index < -0.39 is 0 Å². The molecule has 1 N–H and O–H groups in total. The number of pyridine rings is 1. The lowest BCUT2D eigenvalue weighted by atomic mass is 9.91. The summed E-state index contributed by atoms with van der Waals surface area (Å²) in [5, 5.41) is 2.43. The summed E-state index contributed by atoms with van der Waals surface area (Å²) in [5.41, 5.74) is 2.28. The summed E-state index contributed by atoms with van der Waals surface area (Å²) < 4.78 is 0. The second kappa shape index (κ2) is 4.64. The van der Waals surface area contributed by atoms with Crippen molar-refractivity contribution in [3.63, 3.8) is 0 Å². The number of carbonyl (C=O) groups excluding carboxylic acids is 2. The van der Waals surface area contributed by atoms with Gasteiger partial charge in [0.2, 0.25) is 11.8 Å². The molecule has 1 saturated heterocycles. The molecule has 1 fully saturated rings. The Morgan fingerprint density at radius 2 is 2.21 bits per heavy atom. The number of imide groups is 1. The van der Waals surface area contributed by atoms with Gasteiger partial charge in [0.15, 0.2) is 0 Å². The van der Waals surface area contributed by atoms with Crippen molar-refractivity contribution in [3.8, 4) is 0 Å². The molecule has 3 heterocycles. The van der Waals surface area contributed by atoms with Crippen molar-refractivity contribution >= 4 is 17.5 Å². The van der Waals surface area contributed by atoms with E-state index in [1.807, 2.05) is 12.3 Å². The normalized spacial score (nSPS) is 26.9. The molecule has 0 bridgehead atoms. The van der Waals surface area contributed by atoms with Crippen LogP contribution < -0.4 is 10.2 Å². The Bertz CT molecular complexity index is 529. The van der Waals surface area contributed by atoms with Crippen LogP contribution in [-0.2, 0) is 9.59 Å². The minimum absolute atomic E-state index is 0.165. The lowest BCUT2D eigenvalue weighted by molar-refractivity contribution is -0.134.